The first kappa shape index (κ1) is 21.0. The normalized spacial score (nSPS) is 22.8. The summed E-state index contributed by atoms with van der Waals surface area (Å²) in [5.41, 5.74) is -1.13. The zero-order chi connectivity index (χ0) is 22.8. The van der Waals surface area contributed by atoms with Gasteiger partial charge in [0.2, 0.25) is 11.8 Å². The molecule has 164 valence electrons. The van der Waals surface area contributed by atoms with E-state index in [1.807, 2.05) is 0 Å². The van der Waals surface area contributed by atoms with Crippen molar-refractivity contribution in [1.82, 2.24) is 4.98 Å². The molecule has 0 bridgehead atoms. The number of thioether (sulfide) groups is 1. The Hall–Kier alpha value is -2.92. The molecule has 5 rings (SSSR count). The van der Waals surface area contributed by atoms with Crippen molar-refractivity contribution in [2.75, 3.05) is 4.90 Å². The number of carbonyl (C=O) groups is 2. The fraction of sp³-hybridized carbons (Fsp3) is 0.190. The number of fused-ring (bicyclic) bond motifs is 2. The summed E-state index contributed by atoms with van der Waals surface area (Å²) in [6, 6.07) is 9.70. The van der Waals surface area contributed by atoms with E-state index < -0.39 is 52.1 Å². The molecule has 0 radical (unpaired) electrons. The molecule has 2 aromatic carbocycles. The molecule has 3 atom stereocenters. The van der Waals surface area contributed by atoms with Crippen LogP contribution in [0.1, 0.15) is 21.9 Å². The number of benzene rings is 2. The summed E-state index contributed by atoms with van der Waals surface area (Å²) in [5, 5.41) is -0.640. The Labute approximate surface area is 186 Å². The molecule has 2 aliphatic heterocycles. The van der Waals surface area contributed by atoms with Crippen LogP contribution in [0.2, 0.25) is 0 Å². The molecule has 0 spiro atoms. The number of halogens is 4. The smallest absolute Gasteiger partial charge is 0.307 e. The summed E-state index contributed by atoms with van der Waals surface area (Å²) in [6.45, 7) is 0. The van der Waals surface area contributed by atoms with Crippen molar-refractivity contribution in [2.45, 2.75) is 22.4 Å². The minimum absolute atomic E-state index is 0.381. The highest BCUT2D eigenvalue weighted by molar-refractivity contribution is 8.00. The molecule has 1 fully saturated rings. The lowest BCUT2D eigenvalue weighted by Gasteiger charge is -2.29. The molecule has 11 heteroatoms. The molecule has 3 heterocycles. The molecule has 1 N–H and O–H groups in total. The van der Waals surface area contributed by atoms with Gasteiger partial charge in [-0.15, -0.1) is 0 Å². The number of rotatable bonds is 2. The number of para-hydroxylation sites is 1. The first-order valence-corrected chi connectivity index (χ1v) is 11.1. The van der Waals surface area contributed by atoms with Crippen molar-refractivity contribution >= 4 is 40.6 Å². The topological polar surface area (TPSA) is 70.2 Å². The number of alkyl halides is 3. The monoisotopic (exact) mass is 480 g/mol. The summed E-state index contributed by atoms with van der Waals surface area (Å²) in [5.74, 6) is -3.90. The minimum Gasteiger partial charge on any atom is -0.307 e. The van der Waals surface area contributed by atoms with Crippen LogP contribution in [0.3, 0.4) is 0 Å². The third kappa shape index (κ3) is 3.18. The molecule has 3 aromatic rings. The Kier molecular flexibility index (Phi) is 4.79. The van der Waals surface area contributed by atoms with Crippen molar-refractivity contribution in [1.29, 1.82) is 0 Å². The minimum atomic E-state index is -4.77. The highest BCUT2D eigenvalue weighted by Crippen LogP contribution is 2.53. The SMILES string of the molecule is O=C1[C@H]2[C@H](c3ccc(F)cc3)c3sc(=O)[nH]c3S[C@H]2C(=O)N1c1ccccc1C(F)(F)F. The maximum atomic E-state index is 13.6. The molecule has 2 aliphatic rings. The van der Waals surface area contributed by atoms with Crippen LogP contribution in [0.15, 0.2) is 58.4 Å². The molecule has 0 aliphatic carbocycles. The number of nitrogens with one attached hydrogen (secondary N) is 1. The van der Waals surface area contributed by atoms with Gasteiger partial charge in [0.15, 0.2) is 0 Å². The fourth-order valence-corrected chi connectivity index (χ4v) is 6.71. The lowest BCUT2D eigenvalue weighted by molar-refractivity contribution is -0.137. The van der Waals surface area contributed by atoms with E-state index in [1.54, 1.807) is 0 Å². The lowest BCUT2D eigenvalue weighted by atomic mass is 9.83. The largest absolute Gasteiger partial charge is 0.418 e. The molecule has 0 unspecified atom stereocenters. The van der Waals surface area contributed by atoms with Crippen molar-refractivity contribution < 1.29 is 27.2 Å². The van der Waals surface area contributed by atoms with E-state index in [0.29, 0.717) is 20.4 Å². The van der Waals surface area contributed by atoms with E-state index in [1.165, 1.54) is 36.4 Å². The molecular weight excluding hydrogens is 468 g/mol. The van der Waals surface area contributed by atoms with Gasteiger partial charge in [0.05, 0.1) is 22.2 Å². The van der Waals surface area contributed by atoms with Gasteiger partial charge in [-0.05, 0) is 29.8 Å². The number of hydrogen-bond acceptors (Lipinski definition) is 5. The quantitative estimate of drug-likeness (QED) is 0.436. The summed E-state index contributed by atoms with van der Waals surface area (Å²) in [6.07, 6.45) is -4.77. The number of thiazole rings is 1. The number of anilines is 1. The van der Waals surface area contributed by atoms with Crippen molar-refractivity contribution in [3.05, 3.63) is 80.0 Å². The second-order valence-electron chi connectivity index (χ2n) is 7.33. The first-order chi connectivity index (χ1) is 15.2. The summed E-state index contributed by atoms with van der Waals surface area (Å²) >= 11 is 1.83. The number of aromatic nitrogens is 1. The van der Waals surface area contributed by atoms with Crippen molar-refractivity contribution in [3.63, 3.8) is 0 Å². The Balaban J connectivity index is 1.66. The van der Waals surface area contributed by atoms with Gasteiger partial charge in [0.25, 0.3) is 0 Å². The van der Waals surface area contributed by atoms with Gasteiger partial charge in [-0.3, -0.25) is 14.4 Å². The number of carbonyl (C=O) groups excluding carboxylic acids is 2. The van der Waals surface area contributed by atoms with Crippen molar-refractivity contribution in [3.8, 4) is 0 Å². The Morgan fingerprint density at radius 3 is 2.31 bits per heavy atom. The second kappa shape index (κ2) is 7.31. The summed E-state index contributed by atoms with van der Waals surface area (Å²) < 4.78 is 54.3. The highest BCUT2D eigenvalue weighted by atomic mass is 32.2. The van der Waals surface area contributed by atoms with Gasteiger partial charge in [-0.25, -0.2) is 9.29 Å². The highest BCUT2D eigenvalue weighted by Gasteiger charge is 2.57. The Bertz CT molecular complexity index is 1300. The molecule has 0 saturated carbocycles. The van der Waals surface area contributed by atoms with E-state index in [9.17, 15) is 31.9 Å². The Morgan fingerprint density at radius 1 is 0.938 bits per heavy atom. The average Bonchev–Trinajstić information content (AvgIpc) is 3.23. The molecule has 2 amide bonds. The van der Waals surface area contributed by atoms with Gasteiger partial charge in [-0.1, -0.05) is 47.4 Å². The van der Waals surface area contributed by atoms with Crippen LogP contribution in [0.4, 0.5) is 23.2 Å². The van der Waals surface area contributed by atoms with Gasteiger partial charge in [0.1, 0.15) is 11.1 Å². The zero-order valence-corrected chi connectivity index (χ0v) is 17.5. The number of nitrogens with zero attached hydrogens (tertiary/aromatic N) is 1. The van der Waals surface area contributed by atoms with E-state index in [4.69, 9.17) is 0 Å². The maximum Gasteiger partial charge on any atom is 0.418 e. The van der Waals surface area contributed by atoms with Crippen LogP contribution in [0.25, 0.3) is 0 Å². The van der Waals surface area contributed by atoms with Crippen LogP contribution in [0, 0.1) is 11.7 Å². The lowest BCUT2D eigenvalue weighted by Crippen LogP contribution is -2.33. The summed E-state index contributed by atoms with van der Waals surface area (Å²) in [7, 11) is 0. The summed E-state index contributed by atoms with van der Waals surface area (Å²) in [4.78, 5) is 42.1. The average molecular weight is 480 g/mol. The van der Waals surface area contributed by atoms with Gasteiger partial charge in [0, 0.05) is 10.8 Å². The van der Waals surface area contributed by atoms with Gasteiger partial charge >= 0.3 is 11.0 Å². The van der Waals surface area contributed by atoms with E-state index in [0.717, 1.165) is 35.2 Å². The van der Waals surface area contributed by atoms with E-state index >= 15 is 0 Å². The third-order valence-electron chi connectivity index (χ3n) is 5.50. The number of hydrogen-bond donors (Lipinski definition) is 1. The van der Waals surface area contributed by atoms with Gasteiger partial charge < -0.3 is 4.98 Å². The number of amides is 2. The van der Waals surface area contributed by atoms with E-state index in [2.05, 4.69) is 4.98 Å². The molecule has 1 saturated heterocycles. The molecule has 5 nitrogen and oxygen atoms in total. The standard InChI is InChI=1S/C21H12F4N2O3S2/c22-10-7-5-9(6-8-10)13-14-16(31-17-15(13)32-20(30)26-17)19(29)27(18(14)28)12-4-2-1-3-11(12)21(23,24)25/h1-8,13-14,16H,(H,26,30)/t13-,14-,16+/m0/s1. The van der Waals surface area contributed by atoms with Gasteiger partial charge in [-0.2, -0.15) is 13.2 Å². The molecule has 1 aromatic heterocycles. The van der Waals surface area contributed by atoms with Crippen molar-refractivity contribution in [2.24, 2.45) is 5.92 Å². The van der Waals surface area contributed by atoms with E-state index in [-0.39, 0.29) is 4.87 Å². The third-order valence-corrected chi connectivity index (χ3v) is 7.90. The van der Waals surface area contributed by atoms with Crippen LogP contribution < -0.4 is 9.77 Å². The maximum absolute atomic E-state index is 13.6. The molecular formula is C21H12F4N2O3S2. The van der Waals surface area contributed by atoms with Crippen LogP contribution >= 0.6 is 23.1 Å². The first-order valence-electron chi connectivity index (χ1n) is 9.36. The Morgan fingerprint density at radius 2 is 1.62 bits per heavy atom. The predicted molar refractivity (Wildman–Crippen MR) is 110 cm³/mol. The van der Waals surface area contributed by atoms with Crippen LogP contribution in [0.5, 0.6) is 0 Å². The van der Waals surface area contributed by atoms with Crippen LogP contribution in [-0.2, 0) is 15.8 Å². The number of imide groups is 1. The zero-order valence-electron chi connectivity index (χ0n) is 15.9. The van der Waals surface area contributed by atoms with Crippen LogP contribution in [-0.4, -0.2) is 22.0 Å². The number of H-pyrrole nitrogens is 1. The number of aromatic amines is 1. The predicted octanol–water partition coefficient (Wildman–Crippen LogP) is 4.39. The molecule has 32 heavy (non-hydrogen) atoms. The fourth-order valence-electron chi connectivity index (χ4n) is 4.19. The second-order valence-corrected chi connectivity index (χ2v) is 9.49.